The van der Waals surface area contributed by atoms with Crippen LogP contribution in [0.15, 0.2) is 60.7 Å². The zero-order valence-corrected chi connectivity index (χ0v) is 16.5. The average Bonchev–Trinajstić information content (AvgIpc) is 2.67. The molecule has 1 aliphatic heterocycles. The summed E-state index contributed by atoms with van der Waals surface area (Å²) in [5, 5.41) is 1.96. The minimum atomic E-state index is -3.57. The van der Waals surface area contributed by atoms with Gasteiger partial charge in [-0.15, -0.1) is 0 Å². The number of anilines is 1. The van der Waals surface area contributed by atoms with E-state index in [0.29, 0.717) is 18.8 Å². The van der Waals surface area contributed by atoms with Gasteiger partial charge in [-0.3, -0.25) is 9.52 Å². The Balaban J connectivity index is 1.57. The molecule has 0 fully saturated rings. The first-order valence-electron chi connectivity index (χ1n) is 9.26. The lowest BCUT2D eigenvalue weighted by Gasteiger charge is -2.28. The molecule has 1 heterocycles. The van der Waals surface area contributed by atoms with Gasteiger partial charge in [-0.1, -0.05) is 48.5 Å². The average molecular weight is 394 g/mol. The van der Waals surface area contributed by atoms with E-state index in [-0.39, 0.29) is 11.7 Å². The van der Waals surface area contributed by atoms with Gasteiger partial charge < -0.3 is 4.90 Å². The normalized spacial score (nSPS) is 14.0. The summed E-state index contributed by atoms with van der Waals surface area (Å²) < 4.78 is 28.3. The second-order valence-corrected chi connectivity index (χ2v) is 8.90. The van der Waals surface area contributed by atoms with Crippen LogP contribution in [-0.2, 0) is 33.5 Å². The second-order valence-electron chi connectivity index (χ2n) is 7.17. The smallest absolute Gasteiger partial charge is 0.236 e. The predicted octanol–water partition coefficient (Wildman–Crippen LogP) is 3.69. The van der Waals surface area contributed by atoms with Crippen LogP contribution in [0.2, 0.25) is 0 Å². The number of sulfonamides is 1. The van der Waals surface area contributed by atoms with Crippen LogP contribution >= 0.6 is 0 Å². The lowest BCUT2D eigenvalue weighted by molar-refractivity contribution is -0.129. The summed E-state index contributed by atoms with van der Waals surface area (Å²) in [6.45, 7) is 2.78. The first kappa shape index (κ1) is 18.5. The van der Waals surface area contributed by atoms with Gasteiger partial charge in [0.2, 0.25) is 15.9 Å². The third kappa shape index (κ3) is 3.87. The lowest BCUT2D eigenvalue weighted by Crippen LogP contribution is -2.34. The lowest BCUT2D eigenvalue weighted by atomic mass is 9.99. The summed E-state index contributed by atoms with van der Waals surface area (Å²) in [7, 11) is -3.57. The van der Waals surface area contributed by atoms with Crippen molar-refractivity contribution in [2.45, 2.75) is 25.6 Å². The van der Waals surface area contributed by atoms with Crippen molar-refractivity contribution < 1.29 is 13.2 Å². The number of rotatable bonds is 4. The quantitative estimate of drug-likeness (QED) is 0.734. The third-order valence-corrected chi connectivity index (χ3v) is 6.40. The van der Waals surface area contributed by atoms with Crippen molar-refractivity contribution in [3.8, 4) is 0 Å². The number of hydrogen-bond acceptors (Lipinski definition) is 3. The van der Waals surface area contributed by atoms with Crippen molar-refractivity contribution in [2.24, 2.45) is 0 Å². The molecule has 0 saturated carbocycles. The highest BCUT2D eigenvalue weighted by atomic mass is 32.2. The molecule has 28 heavy (non-hydrogen) atoms. The molecule has 3 aromatic rings. The van der Waals surface area contributed by atoms with E-state index in [1.54, 1.807) is 17.9 Å². The molecule has 0 radical (unpaired) electrons. The standard InChI is InChI=1S/C22H22N2O3S/c1-16(25)24-12-11-17-9-10-21(13-20(17)14-24)23-28(26,27)15-19-7-4-6-18-5-2-3-8-22(18)19/h2-10,13,23H,11-12,14-15H2,1H3. The van der Waals surface area contributed by atoms with Crippen molar-refractivity contribution in [1.82, 2.24) is 4.90 Å². The largest absolute Gasteiger partial charge is 0.338 e. The highest BCUT2D eigenvalue weighted by Gasteiger charge is 2.20. The Morgan fingerprint density at radius 2 is 1.82 bits per heavy atom. The van der Waals surface area contributed by atoms with Crippen molar-refractivity contribution in [3.05, 3.63) is 77.4 Å². The molecule has 5 nitrogen and oxygen atoms in total. The second kappa shape index (κ2) is 7.28. The zero-order chi connectivity index (χ0) is 19.7. The van der Waals surface area contributed by atoms with E-state index >= 15 is 0 Å². The SMILES string of the molecule is CC(=O)N1CCc2ccc(NS(=O)(=O)Cc3cccc4ccccc34)cc2C1. The molecule has 3 aromatic carbocycles. The van der Waals surface area contributed by atoms with Crippen molar-refractivity contribution in [2.75, 3.05) is 11.3 Å². The van der Waals surface area contributed by atoms with Gasteiger partial charge in [-0.25, -0.2) is 8.42 Å². The van der Waals surface area contributed by atoms with E-state index in [4.69, 9.17) is 0 Å². The highest BCUT2D eigenvalue weighted by Crippen LogP contribution is 2.25. The van der Waals surface area contributed by atoms with Gasteiger partial charge in [0.15, 0.2) is 0 Å². The summed E-state index contributed by atoms with van der Waals surface area (Å²) in [6, 6.07) is 19.0. The zero-order valence-electron chi connectivity index (χ0n) is 15.7. The van der Waals surface area contributed by atoms with Gasteiger partial charge in [0.25, 0.3) is 0 Å². The first-order valence-corrected chi connectivity index (χ1v) is 10.9. The maximum atomic E-state index is 12.8. The molecule has 1 amide bonds. The van der Waals surface area contributed by atoms with Gasteiger partial charge in [-0.05, 0) is 46.0 Å². The minimum Gasteiger partial charge on any atom is -0.338 e. The Morgan fingerprint density at radius 3 is 2.64 bits per heavy atom. The Labute approximate surface area is 165 Å². The van der Waals surface area contributed by atoms with Gasteiger partial charge >= 0.3 is 0 Å². The van der Waals surface area contributed by atoms with Crippen molar-refractivity contribution in [3.63, 3.8) is 0 Å². The number of benzene rings is 3. The minimum absolute atomic E-state index is 0.0348. The Morgan fingerprint density at radius 1 is 1.04 bits per heavy atom. The van der Waals surface area contributed by atoms with Gasteiger partial charge in [0.05, 0.1) is 5.75 Å². The molecule has 0 unspecified atom stereocenters. The summed E-state index contributed by atoms with van der Waals surface area (Å²) in [6.07, 6.45) is 0.790. The predicted molar refractivity (Wildman–Crippen MR) is 111 cm³/mol. The molecule has 0 saturated heterocycles. The molecule has 0 bridgehead atoms. The van der Waals surface area contributed by atoms with E-state index < -0.39 is 10.0 Å². The van der Waals surface area contributed by atoms with Crippen LogP contribution < -0.4 is 4.72 Å². The van der Waals surface area contributed by atoms with Gasteiger partial charge in [0, 0.05) is 25.7 Å². The molecule has 6 heteroatoms. The summed E-state index contributed by atoms with van der Waals surface area (Å²) in [5.74, 6) is -0.0574. The third-order valence-electron chi connectivity index (χ3n) is 5.16. The molecular formula is C22H22N2O3S. The van der Waals surface area contributed by atoms with Crippen LogP contribution in [0, 0.1) is 0 Å². The monoisotopic (exact) mass is 394 g/mol. The van der Waals surface area contributed by atoms with Gasteiger partial charge in [0.1, 0.15) is 0 Å². The molecule has 1 N–H and O–H groups in total. The molecule has 0 atom stereocenters. The number of nitrogens with one attached hydrogen (secondary N) is 1. The Bertz CT molecular complexity index is 1150. The van der Waals surface area contributed by atoms with E-state index in [1.165, 1.54) is 0 Å². The Hall–Kier alpha value is -2.86. The number of hydrogen-bond donors (Lipinski definition) is 1. The first-order chi connectivity index (χ1) is 13.4. The number of carbonyl (C=O) groups excluding carboxylic acids is 1. The molecular weight excluding hydrogens is 372 g/mol. The summed E-state index contributed by atoms with van der Waals surface area (Å²) in [4.78, 5) is 13.4. The molecule has 1 aliphatic rings. The van der Waals surface area contributed by atoms with E-state index in [1.807, 2.05) is 54.6 Å². The number of amides is 1. The number of carbonyl (C=O) groups is 1. The molecule has 144 valence electrons. The van der Waals surface area contributed by atoms with Crippen molar-refractivity contribution in [1.29, 1.82) is 0 Å². The van der Waals surface area contributed by atoms with Crippen LogP contribution in [0.3, 0.4) is 0 Å². The molecule has 0 aliphatic carbocycles. The fraction of sp³-hybridized carbons (Fsp3) is 0.227. The highest BCUT2D eigenvalue weighted by molar-refractivity contribution is 7.91. The van der Waals surface area contributed by atoms with Crippen LogP contribution in [0.1, 0.15) is 23.6 Å². The summed E-state index contributed by atoms with van der Waals surface area (Å²) >= 11 is 0. The number of nitrogens with zero attached hydrogens (tertiary/aromatic N) is 1. The maximum absolute atomic E-state index is 12.8. The topological polar surface area (TPSA) is 66.5 Å². The van der Waals surface area contributed by atoms with Gasteiger partial charge in [-0.2, -0.15) is 0 Å². The maximum Gasteiger partial charge on any atom is 0.236 e. The van der Waals surface area contributed by atoms with E-state index in [9.17, 15) is 13.2 Å². The Kier molecular flexibility index (Phi) is 4.81. The molecule has 4 rings (SSSR count). The van der Waals surface area contributed by atoms with E-state index in [0.717, 1.165) is 33.9 Å². The molecule has 0 aromatic heterocycles. The summed E-state index contributed by atoms with van der Waals surface area (Å²) in [5.41, 5.74) is 3.46. The van der Waals surface area contributed by atoms with Crippen LogP contribution in [-0.4, -0.2) is 25.8 Å². The number of fused-ring (bicyclic) bond motifs is 2. The van der Waals surface area contributed by atoms with Crippen LogP contribution in [0.25, 0.3) is 10.8 Å². The molecule has 0 spiro atoms. The fourth-order valence-electron chi connectivity index (χ4n) is 3.73. The van der Waals surface area contributed by atoms with Crippen molar-refractivity contribution >= 4 is 32.4 Å². The van der Waals surface area contributed by atoms with Crippen LogP contribution in [0.4, 0.5) is 5.69 Å². The van der Waals surface area contributed by atoms with E-state index in [2.05, 4.69) is 4.72 Å². The van der Waals surface area contributed by atoms with Crippen LogP contribution in [0.5, 0.6) is 0 Å². The fourth-order valence-corrected chi connectivity index (χ4v) is 4.95.